The molecule has 0 aliphatic carbocycles. The molecule has 1 aliphatic heterocycles. The number of oxime groups is 1. The van der Waals surface area contributed by atoms with Gasteiger partial charge in [0, 0.05) is 13.0 Å². The summed E-state index contributed by atoms with van der Waals surface area (Å²) in [6, 6.07) is 2.46. The van der Waals surface area contributed by atoms with Gasteiger partial charge in [0.15, 0.2) is 5.76 Å². The first-order valence-electron chi connectivity index (χ1n) is 5.24. The van der Waals surface area contributed by atoms with Crippen LogP contribution in [0.5, 0.6) is 0 Å². The van der Waals surface area contributed by atoms with Crippen LogP contribution in [-0.4, -0.2) is 41.6 Å². The molecule has 1 aromatic heterocycles. The minimum atomic E-state index is -0.682. The van der Waals surface area contributed by atoms with Gasteiger partial charge in [-0.25, -0.2) is 0 Å². The second kappa shape index (κ2) is 4.86. The summed E-state index contributed by atoms with van der Waals surface area (Å²) < 4.78 is 4.85. The number of carbonyl (C=O) groups excluding carboxylic acids is 1. The minimum Gasteiger partial charge on any atom is -0.399 e. The largest absolute Gasteiger partial charge is 0.433 e. The fourth-order valence-corrected chi connectivity index (χ4v) is 1.72. The number of hydrogen-bond donors (Lipinski definition) is 0. The van der Waals surface area contributed by atoms with Crippen LogP contribution in [0, 0.1) is 10.1 Å². The van der Waals surface area contributed by atoms with E-state index in [1.165, 1.54) is 18.1 Å². The van der Waals surface area contributed by atoms with Crippen molar-refractivity contribution in [3.63, 3.8) is 0 Å². The van der Waals surface area contributed by atoms with Crippen LogP contribution >= 0.6 is 0 Å². The molecule has 0 atom stereocenters. The maximum absolute atomic E-state index is 11.9. The molecular weight excluding hydrogens is 242 g/mol. The molecule has 0 unspecified atom stereocenters. The van der Waals surface area contributed by atoms with Crippen LogP contribution in [0.15, 0.2) is 21.7 Å². The van der Waals surface area contributed by atoms with Crippen molar-refractivity contribution >= 4 is 17.5 Å². The summed E-state index contributed by atoms with van der Waals surface area (Å²) in [7, 11) is 1.44. The average Bonchev–Trinajstić information content (AvgIpc) is 2.97. The van der Waals surface area contributed by atoms with Crippen LogP contribution in [0.1, 0.15) is 17.0 Å². The first kappa shape index (κ1) is 12.1. The molecule has 1 amide bonds. The molecule has 0 bridgehead atoms. The highest BCUT2D eigenvalue weighted by molar-refractivity contribution is 5.98. The van der Waals surface area contributed by atoms with Gasteiger partial charge in [-0.3, -0.25) is 14.9 Å². The molecule has 8 nitrogen and oxygen atoms in total. The summed E-state index contributed by atoms with van der Waals surface area (Å²) in [4.78, 5) is 27.8. The fraction of sp³-hybridized carbons (Fsp3) is 0.400. The Balaban J connectivity index is 2.08. The summed E-state index contributed by atoms with van der Waals surface area (Å²) >= 11 is 0. The standard InChI is InChI=1S/C10H11N3O5/c1-17-11-7-4-5-12(6-7)10(14)8-2-3-9(18-8)13(15)16/h2-3H,4-6H2,1H3/b11-7+. The monoisotopic (exact) mass is 253 g/mol. The van der Waals surface area contributed by atoms with Crippen molar-refractivity contribution in [2.45, 2.75) is 6.42 Å². The van der Waals surface area contributed by atoms with Crippen LogP contribution < -0.4 is 0 Å². The summed E-state index contributed by atoms with van der Waals surface area (Å²) in [5, 5.41) is 14.2. The second-order valence-corrected chi connectivity index (χ2v) is 3.71. The van der Waals surface area contributed by atoms with E-state index in [0.29, 0.717) is 19.5 Å². The molecule has 0 aromatic carbocycles. The highest BCUT2D eigenvalue weighted by Gasteiger charge is 2.27. The smallest absolute Gasteiger partial charge is 0.399 e. The number of nitro groups is 1. The van der Waals surface area contributed by atoms with Crippen molar-refractivity contribution in [2.75, 3.05) is 20.2 Å². The lowest BCUT2D eigenvalue weighted by Gasteiger charge is -2.11. The van der Waals surface area contributed by atoms with E-state index in [0.717, 1.165) is 11.8 Å². The van der Waals surface area contributed by atoms with Crippen LogP contribution in [0.4, 0.5) is 5.88 Å². The molecule has 1 fully saturated rings. The quantitative estimate of drug-likeness (QED) is 0.592. The topological polar surface area (TPSA) is 98.2 Å². The fourth-order valence-electron chi connectivity index (χ4n) is 1.72. The van der Waals surface area contributed by atoms with Gasteiger partial charge in [0.25, 0.3) is 5.91 Å². The molecule has 96 valence electrons. The van der Waals surface area contributed by atoms with Gasteiger partial charge in [-0.1, -0.05) is 5.16 Å². The van der Waals surface area contributed by atoms with Gasteiger partial charge in [-0.15, -0.1) is 0 Å². The number of rotatable bonds is 3. The van der Waals surface area contributed by atoms with Crippen molar-refractivity contribution in [3.8, 4) is 0 Å². The molecule has 8 heteroatoms. The van der Waals surface area contributed by atoms with E-state index >= 15 is 0 Å². The number of amides is 1. The Hall–Kier alpha value is -2.38. The van der Waals surface area contributed by atoms with Gasteiger partial charge in [0.1, 0.15) is 12.0 Å². The predicted molar refractivity (Wildman–Crippen MR) is 60.3 cm³/mol. The van der Waals surface area contributed by atoms with Gasteiger partial charge in [0.05, 0.1) is 18.3 Å². The Morgan fingerprint density at radius 1 is 1.61 bits per heavy atom. The first-order chi connectivity index (χ1) is 8.61. The molecule has 18 heavy (non-hydrogen) atoms. The predicted octanol–water partition coefficient (Wildman–Crippen LogP) is 1.04. The summed E-state index contributed by atoms with van der Waals surface area (Å²) in [6.45, 7) is 0.844. The Kier molecular flexibility index (Phi) is 3.26. The van der Waals surface area contributed by atoms with Gasteiger partial charge in [0.2, 0.25) is 0 Å². The van der Waals surface area contributed by atoms with Crippen molar-refractivity contribution in [1.82, 2.24) is 4.90 Å². The highest BCUT2D eigenvalue weighted by atomic mass is 16.6. The molecule has 0 saturated carbocycles. The zero-order valence-electron chi connectivity index (χ0n) is 9.66. The van der Waals surface area contributed by atoms with Crippen molar-refractivity contribution in [1.29, 1.82) is 0 Å². The van der Waals surface area contributed by atoms with E-state index in [4.69, 9.17) is 4.42 Å². The zero-order chi connectivity index (χ0) is 13.1. The SMILES string of the molecule is CO/N=C1\CCN(C(=O)c2ccc([N+](=O)[O-])o2)C1. The summed E-state index contributed by atoms with van der Waals surface area (Å²) in [6.07, 6.45) is 0.627. The summed E-state index contributed by atoms with van der Waals surface area (Å²) in [5.74, 6) is -0.868. The number of likely N-dealkylation sites (tertiary alicyclic amines) is 1. The lowest BCUT2D eigenvalue weighted by Crippen LogP contribution is -2.28. The second-order valence-electron chi connectivity index (χ2n) is 3.71. The zero-order valence-corrected chi connectivity index (χ0v) is 9.66. The van der Waals surface area contributed by atoms with E-state index < -0.39 is 10.8 Å². The van der Waals surface area contributed by atoms with Crippen LogP contribution in [-0.2, 0) is 4.84 Å². The van der Waals surface area contributed by atoms with E-state index in [2.05, 4.69) is 9.99 Å². The third-order valence-corrected chi connectivity index (χ3v) is 2.53. The van der Waals surface area contributed by atoms with Gasteiger partial charge in [-0.2, -0.15) is 0 Å². The molecule has 1 aromatic rings. The first-order valence-corrected chi connectivity index (χ1v) is 5.24. The maximum atomic E-state index is 11.9. The maximum Gasteiger partial charge on any atom is 0.433 e. The third-order valence-electron chi connectivity index (χ3n) is 2.53. The Labute approximate surface area is 102 Å². The van der Waals surface area contributed by atoms with Crippen LogP contribution in [0.3, 0.4) is 0 Å². The number of hydrogen-bond acceptors (Lipinski definition) is 6. The van der Waals surface area contributed by atoms with E-state index in [-0.39, 0.29) is 11.7 Å². The minimum absolute atomic E-state index is 0.0413. The highest BCUT2D eigenvalue weighted by Crippen LogP contribution is 2.19. The Bertz CT molecular complexity index is 507. The lowest BCUT2D eigenvalue weighted by molar-refractivity contribution is -0.402. The number of furan rings is 1. The van der Waals surface area contributed by atoms with E-state index in [1.807, 2.05) is 0 Å². The van der Waals surface area contributed by atoms with E-state index in [9.17, 15) is 14.9 Å². The molecule has 0 N–H and O–H groups in total. The van der Waals surface area contributed by atoms with Gasteiger partial charge in [-0.05, 0) is 6.07 Å². The third kappa shape index (κ3) is 2.31. The number of nitrogens with zero attached hydrogens (tertiary/aromatic N) is 3. The van der Waals surface area contributed by atoms with Crippen molar-refractivity contribution in [3.05, 3.63) is 28.0 Å². The van der Waals surface area contributed by atoms with Crippen molar-refractivity contribution < 1.29 is 19.0 Å². The van der Waals surface area contributed by atoms with E-state index in [1.54, 1.807) is 0 Å². The molecule has 1 saturated heterocycles. The molecule has 1 aliphatic rings. The molecule has 0 spiro atoms. The molecule has 2 rings (SSSR count). The molecular formula is C10H11N3O5. The molecule has 2 heterocycles. The Morgan fingerprint density at radius 3 is 3.00 bits per heavy atom. The van der Waals surface area contributed by atoms with Crippen molar-refractivity contribution in [2.24, 2.45) is 5.16 Å². The lowest BCUT2D eigenvalue weighted by atomic mass is 10.3. The molecule has 0 radical (unpaired) electrons. The average molecular weight is 253 g/mol. The normalized spacial score (nSPS) is 17.2. The van der Waals surface area contributed by atoms with Crippen LogP contribution in [0.2, 0.25) is 0 Å². The Morgan fingerprint density at radius 2 is 2.39 bits per heavy atom. The van der Waals surface area contributed by atoms with Gasteiger partial charge < -0.3 is 14.2 Å². The van der Waals surface area contributed by atoms with Crippen LogP contribution in [0.25, 0.3) is 0 Å². The van der Waals surface area contributed by atoms with Gasteiger partial charge >= 0.3 is 5.88 Å². The number of carbonyl (C=O) groups is 1. The summed E-state index contributed by atoms with van der Waals surface area (Å²) in [5.41, 5.74) is 0.756.